The van der Waals surface area contributed by atoms with Gasteiger partial charge in [0.15, 0.2) is 0 Å². The highest BCUT2D eigenvalue weighted by Crippen LogP contribution is 2.24. The van der Waals surface area contributed by atoms with Crippen molar-refractivity contribution in [2.75, 3.05) is 12.3 Å². The van der Waals surface area contributed by atoms with Gasteiger partial charge in [-0.3, -0.25) is 4.79 Å². The monoisotopic (exact) mass is 271 g/mol. The number of hydrogen-bond donors (Lipinski definition) is 1. The maximum absolute atomic E-state index is 11.2. The van der Waals surface area contributed by atoms with Crippen LogP contribution in [-0.4, -0.2) is 12.6 Å². The Bertz CT molecular complexity index is 354. The zero-order valence-electron chi connectivity index (χ0n) is 8.84. The van der Waals surface area contributed by atoms with Crippen LogP contribution in [0.4, 0.5) is 5.69 Å². The minimum atomic E-state index is -0.229. The maximum atomic E-state index is 11.2. The molecule has 1 aromatic carbocycles. The third-order valence-electron chi connectivity index (χ3n) is 2.10. The molecule has 3 nitrogen and oxygen atoms in total. The summed E-state index contributed by atoms with van der Waals surface area (Å²) in [5.74, 6) is -0.229. The van der Waals surface area contributed by atoms with Crippen LogP contribution in [0.25, 0.3) is 0 Å². The van der Waals surface area contributed by atoms with E-state index in [2.05, 4.69) is 15.9 Å². The van der Waals surface area contributed by atoms with Crippen molar-refractivity contribution in [2.45, 2.75) is 20.3 Å². The number of benzene rings is 1. The van der Waals surface area contributed by atoms with Crippen molar-refractivity contribution < 1.29 is 9.53 Å². The molecule has 0 heterocycles. The van der Waals surface area contributed by atoms with Gasteiger partial charge in [0.05, 0.1) is 13.0 Å². The van der Waals surface area contributed by atoms with E-state index in [-0.39, 0.29) is 12.4 Å². The van der Waals surface area contributed by atoms with Gasteiger partial charge in [-0.05, 0) is 37.1 Å². The molecule has 0 saturated carbocycles. The van der Waals surface area contributed by atoms with Gasteiger partial charge in [0.2, 0.25) is 0 Å². The van der Waals surface area contributed by atoms with Crippen LogP contribution >= 0.6 is 15.9 Å². The Labute approximate surface area is 97.7 Å². The fourth-order valence-electron chi connectivity index (χ4n) is 1.24. The number of anilines is 1. The lowest BCUT2D eigenvalue weighted by atomic mass is 10.1. The molecule has 0 atom stereocenters. The Morgan fingerprint density at radius 1 is 1.53 bits per heavy atom. The molecule has 0 aliphatic carbocycles. The average Bonchev–Trinajstić information content (AvgIpc) is 2.14. The van der Waals surface area contributed by atoms with Crippen molar-refractivity contribution >= 4 is 27.6 Å². The Kier molecular flexibility index (Phi) is 4.15. The molecule has 1 aromatic rings. The standard InChI is InChI=1S/C11H14BrNO2/c1-3-15-11(14)6-8-4-9(12)7(2)10(13)5-8/h4-5H,3,6,13H2,1-2H3. The highest BCUT2D eigenvalue weighted by Gasteiger charge is 2.07. The lowest BCUT2D eigenvalue weighted by Crippen LogP contribution is -2.08. The van der Waals surface area contributed by atoms with Crippen LogP contribution < -0.4 is 5.73 Å². The molecule has 0 saturated heterocycles. The molecule has 1 rings (SSSR count). The van der Waals surface area contributed by atoms with Crippen molar-refractivity contribution in [2.24, 2.45) is 0 Å². The van der Waals surface area contributed by atoms with Crippen LogP contribution in [0.1, 0.15) is 18.1 Å². The minimum Gasteiger partial charge on any atom is -0.466 e. The summed E-state index contributed by atoms with van der Waals surface area (Å²) in [5.41, 5.74) is 8.33. The summed E-state index contributed by atoms with van der Waals surface area (Å²) >= 11 is 3.39. The average molecular weight is 272 g/mol. The van der Waals surface area contributed by atoms with Crippen LogP contribution in [0.2, 0.25) is 0 Å². The van der Waals surface area contributed by atoms with Gasteiger partial charge in [0, 0.05) is 10.2 Å². The number of carbonyl (C=O) groups is 1. The SMILES string of the molecule is CCOC(=O)Cc1cc(N)c(C)c(Br)c1. The zero-order valence-corrected chi connectivity index (χ0v) is 10.4. The normalized spacial score (nSPS) is 10.1. The third kappa shape index (κ3) is 3.23. The second-order valence-corrected chi connectivity index (χ2v) is 4.13. The molecule has 0 amide bonds. The van der Waals surface area contributed by atoms with E-state index in [1.807, 2.05) is 13.0 Å². The summed E-state index contributed by atoms with van der Waals surface area (Å²) in [7, 11) is 0. The first-order valence-electron chi connectivity index (χ1n) is 4.74. The topological polar surface area (TPSA) is 52.3 Å². The van der Waals surface area contributed by atoms with Crippen molar-refractivity contribution in [3.05, 3.63) is 27.7 Å². The first kappa shape index (κ1) is 12.0. The van der Waals surface area contributed by atoms with Gasteiger partial charge in [-0.25, -0.2) is 0 Å². The molecule has 2 N–H and O–H groups in total. The van der Waals surface area contributed by atoms with E-state index in [1.165, 1.54) is 0 Å². The fourth-order valence-corrected chi connectivity index (χ4v) is 1.76. The Balaban J connectivity index is 2.83. The predicted octanol–water partition coefficient (Wildman–Crippen LogP) is 2.45. The van der Waals surface area contributed by atoms with E-state index in [0.717, 1.165) is 15.6 Å². The molecule has 15 heavy (non-hydrogen) atoms. The lowest BCUT2D eigenvalue weighted by molar-refractivity contribution is -0.142. The Morgan fingerprint density at radius 3 is 2.73 bits per heavy atom. The number of nitrogen functional groups attached to an aromatic ring is 1. The van der Waals surface area contributed by atoms with Crippen molar-refractivity contribution in [3.8, 4) is 0 Å². The number of ether oxygens (including phenoxy) is 1. The van der Waals surface area contributed by atoms with Gasteiger partial charge >= 0.3 is 5.97 Å². The highest BCUT2D eigenvalue weighted by atomic mass is 79.9. The molecule has 4 heteroatoms. The molecular weight excluding hydrogens is 258 g/mol. The summed E-state index contributed by atoms with van der Waals surface area (Å²) < 4.78 is 5.78. The molecule has 0 spiro atoms. The smallest absolute Gasteiger partial charge is 0.310 e. The Hall–Kier alpha value is -1.03. The lowest BCUT2D eigenvalue weighted by Gasteiger charge is -2.07. The molecule has 0 unspecified atom stereocenters. The molecule has 0 aromatic heterocycles. The van der Waals surface area contributed by atoms with Crippen LogP contribution in [0.3, 0.4) is 0 Å². The van der Waals surface area contributed by atoms with Gasteiger partial charge < -0.3 is 10.5 Å². The van der Waals surface area contributed by atoms with Crippen molar-refractivity contribution in [1.29, 1.82) is 0 Å². The predicted molar refractivity (Wildman–Crippen MR) is 63.6 cm³/mol. The van der Waals surface area contributed by atoms with Crippen LogP contribution in [-0.2, 0) is 16.0 Å². The van der Waals surface area contributed by atoms with E-state index in [0.29, 0.717) is 12.3 Å². The van der Waals surface area contributed by atoms with E-state index in [4.69, 9.17) is 10.5 Å². The zero-order chi connectivity index (χ0) is 11.4. The largest absolute Gasteiger partial charge is 0.466 e. The van der Waals surface area contributed by atoms with Crippen LogP contribution in [0.15, 0.2) is 16.6 Å². The summed E-state index contributed by atoms with van der Waals surface area (Å²) in [6.07, 6.45) is 0.261. The molecule has 0 fully saturated rings. The Morgan fingerprint density at radius 2 is 2.20 bits per heavy atom. The fraction of sp³-hybridized carbons (Fsp3) is 0.364. The molecule has 0 aliphatic heterocycles. The van der Waals surface area contributed by atoms with Crippen molar-refractivity contribution in [3.63, 3.8) is 0 Å². The number of nitrogens with two attached hydrogens (primary N) is 1. The van der Waals surface area contributed by atoms with Gasteiger partial charge in [0.1, 0.15) is 0 Å². The first-order chi connectivity index (χ1) is 7.04. The summed E-state index contributed by atoms with van der Waals surface area (Å²) in [5, 5.41) is 0. The van der Waals surface area contributed by atoms with Crippen LogP contribution in [0, 0.1) is 6.92 Å². The number of hydrogen-bond acceptors (Lipinski definition) is 3. The van der Waals surface area contributed by atoms with Crippen LogP contribution in [0.5, 0.6) is 0 Å². The maximum Gasteiger partial charge on any atom is 0.310 e. The second-order valence-electron chi connectivity index (χ2n) is 3.27. The van der Waals surface area contributed by atoms with E-state index in [1.54, 1.807) is 13.0 Å². The number of carbonyl (C=O) groups excluding carboxylic acids is 1. The van der Waals surface area contributed by atoms with E-state index >= 15 is 0 Å². The molecule has 0 aliphatic rings. The van der Waals surface area contributed by atoms with E-state index in [9.17, 15) is 4.79 Å². The summed E-state index contributed by atoms with van der Waals surface area (Å²) in [6.45, 7) is 4.12. The second kappa shape index (κ2) is 5.16. The van der Waals surface area contributed by atoms with Gasteiger partial charge in [-0.1, -0.05) is 15.9 Å². The number of halogens is 1. The highest BCUT2D eigenvalue weighted by molar-refractivity contribution is 9.10. The molecule has 0 radical (unpaired) electrons. The van der Waals surface area contributed by atoms with Gasteiger partial charge in [-0.2, -0.15) is 0 Å². The molecule has 0 bridgehead atoms. The summed E-state index contributed by atoms with van der Waals surface area (Å²) in [4.78, 5) is 11.2. The molecular formula is C11H14BrNO2. The minimum absolute atomic E-state index is 0.229. The van der Waals surface area contributed by atoms with Crippen molar-refractivity contribution in [1.82, 2.24) is 0 Å². The third-order valence-corrected chi connectivity index (χ3v) is 2.92. The number of rotatable bonds is 3. The first-order valence-corrected chi connectivity index (χ1v) is 5.54. The van der Waals surface area contributed by atoms with Gasteiger partial charge in [-0.15, -0.1) is 0 Å². The molecule has 82 valence electrons. The number of esters is 1. The quantitative estimate of drug-likeness (QED) is 0.679. The van der Waals surface area contributed by atoms with Gasteiger partial charge in [0.25, 0.3) is 0 Å². The van der Waals surface area contributed by atoms with E-state index < -0.39 is 0 Å². The summed E-state index contributed by atoms with van der Waals surface area (Å²) in [6, 6.07) is 3.69.